The molecule has 132 valence electrons. The third kappa shape index (κ3) is 3.42. The van der Waals surface area contributed by atoms with Crippen LogP contribution in [0.15, 0.2) is 77.6 Å². The molecule has 3 nitrogen and oxygen atoms in total. The molecule has 0 aliphatic rings. The van der Waals surface area contributed by atoms with Gasteiger partial charge in [-0.15, -0.1) is 0 Å². The van der Waals surface area contributed by atoms with Crippen LogP contribution in [0.25, 0.3) is 28.7 Å². The van der Waals surface area contributed by atoms with E-state index in [1.54, 1.807) is 18.2 Å². The van der Waals surface area contributed by atoms with E-state index < -0.39 is 0 Å². The van der Waals surface area contributed by atoms with Crippen LogP contribution in [0.5, 0.6) is 0 Å². The molecule has 0 radical (unpaired) electrons. The standard InChI is InChI=1S/C23H17FN2O/c1-16-6-8-17(9-7-16)10-15-22-25-21-5-3-2-4-20(21)23(27)26(22)19-13-11-18(24)12-14-19/h2-15H,1H3/b15-10+. The second kappa shape index (κ2) is 7.00. The molecule has 27 heavy (non-hydrogen) atoms. The first kappa shape index (κ1) is 16.9. The van der Waals surface area contributed by atoms with E-state index in [0.29, 0.717) is 22.4 Å². The summed E-state index contributed by atoms with van der Waals surface area (Å²) >= 11 is 0. The zero-order valence-electron chi connectivity index (χ0n) is 14.8. The zero-order valence-corrected chi connectivity index (χ0v) is 14.8. The molecule has 0 amide bonds. The second-order valence-electron chi connectivity index (χ2n) is 6.35. The Labute approximate surface area is 156 Å². The molecule has 0 fully saturated rings. The molecule has 0 unspecified atom stereocenters. The Morgan fingerprint density at radius 3 is 2.33 bits per heavy atom. The van der Waals surface area contributed by atoms with E-state index in [4.69, 9.17) is 0 Å². The quantitative estimate of drug-likeness (QED) is 0.517. The molecular formula is C23H17FN2O. The van der Waals surface area contributed by atoms with Gasteiger partial charge in [0.2, 0.25) is 0 Å². The van der Waals surface area contributed by atoms with E-state index >= 15 is 0 Å². The van der Waals surface area contributed by atoms with Crippen molar-refractivity contribution in [3.63, 3.8) is 0 Å². The van der Waals surface area contributed by atoms with Gasteiger partial charge in [0.1, 0.15) is 11.6 Å². The molecule has 0 spiro atoms. The lowest BCUT2D eigenvalue weighted by atomic mass is 10.1. The van der Waals surface area contributed by atoms with Gasteiger partial charge >= 0.3 is 0 Å². The van der Waals surface area contributed by atoms with Crippen LogP contribution in [0.1, 0.15) is 17.0 Å². The average molecular weight is 356 g/mol. The van der Waals surface area contributed by atoms with Gasteiger partial charge in [0.15, 0.2) is 0 Å². The normalized spacial score (nSPS) is 11.3. The minimum absolute atomic E-state index is 0.184. The molecule has 4 heteroatoms. The molecule has 4 aromatic rings. The lowest BCUT2D eigenvalue weighted by Gasteiger charge is -2.11. The van der Waals surface area contributed by atoms with Crippen LogP contribution >= 0.6 is 0 Å². The Bertz CT molecular complexity index is 1190. The SMILES string of the molecule is Cc1ccc(/C=C/c2nc3ccccc3c(=O)n2-c2ccc(F)cc2)cc1. The highest BCUT2D eigenvalue weighted by Gasteiger charge is 2.11. The number of hydrogen-bond acceptors (Lipinski definition) is 2. The number of benzene rings is 3. The van der Waals surface area contributed by atoms with Gasteiger partial charge in [0, 0.05) is 0 Å². The van der Waals surface area contributed by atoms with Crippen molar-refractivity contribution in [2.24, 2.45) is 0 Å². The van der Waals surface area contributed by atoms with Crippen molar-refractivity contribution in [1.29, 1.82) is 0 Å². The third-order valence-corrected chi connectivity index (χ3v) is 4.39. The summed E-state index contributed by atoms with van der Waals surface area (Å²) in [5.41, 5.74) is 3.20. The maximum absolute atomic E-state index is 13.3. The van der Waals surface area contributed by atoms with Crippen LogP contribution < -0.4 is 5.56 Å². The molecule has 0 saturated carbocycles. The van der Waals surface area contributed by atoms with Gasteiger partial charge in [-0.25, -0.2) is 9.37 Å². The summed E-state index contributed by atoms with van der Waals surface area (Å²) in [5.74, 6) is 0.142. The molecule has 1 aromatic heterocycles. The minimum atomic E-state index is -0.350. The lowest BCUT2D eigenvalue weighted by molar-refractivity contribution is 0.627. The van der Waals surface area contributed by atoms with Crippen LogP contribution in [0.4, 0.5) is 4.39 Å². The number of hydrogen-bond donors (Lipinski definition) is 0. The third-order valence-electron chi connectivity index (χ3n) is 4.39. The lowest BCUT2D eigenvalue weighted by Crippen LogP contribution is -2.22. The fraction of sp³-hybridized carbons (Fsp3) is 0.0435. The fourth-order valence-electron chi connectivity index (χ4n) is 2.95. The number of rotatable bonds is 3. The Morgan fingerprint density at radius 2 is 1.59 bits per heavy atom. The Hall–Kier alpha value is -3.53. The number of nitrogens with zero attached hydrogens (tertiary/aromatic N) is 2. The summed E-state index contributed by atoms with van der Waals surface area (Å²) in [6.07, 6.45) is 3.72. The van der Waals surface area contributed by atoms with Gasteiger partial charge in [-0.2, -0.15) is 0 Å². The van der Waals surface area contributed by atoms with E-state index in [1.165, 1.54) is 22.3 Å². The van der Waals surface area contributed by atoms with E-state index in [-0.39, 0.29) is 11.4 Å². The summed E-state index contributed by atoms with van der Waals surface area (Å²) in [6, 6.07) is 21.1. The molecule has 0 aliphatic heterocycles. The van der Waals surface area contributed by atoms with Gasteiger partial charge < -0.3 is 0 Å². The summed E-state index contributed by atoms with van der Waals surface area (Å²) < 4.78 is 14.8. The van der Waals surface area contributed by atoms with Crippen molar-refractivity contribution >= 4 is 23.1 Å². The van der Waals surface area contributed by atoms with Crippen LogP contribution in [0.2, 0.25) is 0 Å². The first-order valence-electron chi connectivity index (χ1n) is 8.64. The number of fused-ring (bicyclic) bond motifs is 1. The maximum atomic E-state index is 13.3. The molecule has 0 saturated heterocycles. The van der Waals surface area contributed by atoms with Crippen LogP contribution in [-0.2, 0) is 0 Å². The highest BCUT2D eigenvalue weighted by molar-refractivity contribution is 5.80. The smallest absolute Gasteiger partial charge is 0.266 e. The molecule has 4 rings (SSSR count). The van der Waals surface area contributed by atoms with Gasteiger partial charge in [0.25, 0.3) is 5.56 Å². The number of aromatic nitrogens is 2. The van der Waals surface area contributed by atoms with Crippen molar-refractivity contribution in [2.45, 2.75) is 6.92 Å². The topological polar surface area (TPSA) is 34.9 Å². The van der Waals surface area contributed by atoms with E-state index in [0.717, 1.165) is 5.56 Å². The van der Waals surface area contributed by atoms with Crippen LogP contribution in [0, 0.1) is 12.7 Å². The summed E-state index contributed by atoms with van der Waals surface area (Å²) in [4.78, 5) is 17.7. The molecule has 0 N–H and O–H groups in total. The maximum Gasteiger partial charge on any atom is 0.266 e. The van der Waals surface area contributed by atoms with Gasteiger partial charge in [0.05, 0.1) is 16.6 Å². The molecule has 0 atom stereocenters. The predicted molar refractivity (Wildman–Crippen MR) is 107 cm³/mol. The monoisotopic (exact) mass is 356 g/mol. The minimum Gasteiger partial charge on any atom is -0.268 e. The van der Waals surface area contributed by atoms with Crippen molar-refractivity contribution in [1.82, 2.24) is 9.55 Å². The highest BCUT2D eigenvalue weighted by atomic mass is 19.1. The van der Waals surface area contributed by atoms with E-state index in [9.17, 15) is 9.18 Å². The van der Waals surface area contributed by atoms with Crippen LogP contribution in [0.3, 0.4) is 0 Å². The Kier molecular flexibility index (Phi) is 4.38. The van der Waals surface area contributed by atoms with Crippen molar-refractivity contribution in [2.75, 3.05) is 0 Å². The van der Waals surface area contributed by atoms with Gasteiger partial charge in [-0.1, -0.05) is 48.0 Å². The second-order valence-corrected chi connectivity index (χ2v) is 6.35. The first-order valence-corrected chi connectivity index (χ1v) is 8.64. The molecule has 1 heterocycles. The van der Waals surface area contributed by atoms with E-state index in [1.807, 2.05) is 61.5 Å². The van der Waals surface area contributed by atoms with Crippen LogP contribution in [-0.4, -0.2) is 9.55 Å². The number of aryl methyl sites for hydroxylation is 1. The molecule has 0 bridgehead atoms. The highest BCUT2D eigenvalue weighted by Crippen LogP contribution is 2.16. The van der Waals surface area contributed by atoms with E-state index in [2.05, 4.69) is 4.98 Å². The first-order chi connectivity index (χ1) is 13.1. The van der Waals surface area contributed by atoms with Crippen molar-refractivity contribution in [3.8, 4) is 5.69 Å². The van der Waals surface area contributed by atoms with Gasteiger partial charge in [-0.3, -0.25) is 9.36 Å². The summed E-state index contributed by atoms with van der Waals surface area (Å²) in [6.45, 7) is 2.03. The summed E-state index contributed by atoms with van der Waals surface area (Å²) in [5, 5.41) is 0.523. The average Bonchev–Trinajstić information content (AvgIpc) is 2.69. The van der Waals surface area contributed by atoms with Crippen molar-refractivity contribution < 1.29 is 4.39 Å². The van der Waals surface area contributed by atoms with Gasteiger partial charge in [-0.05, 0) is 55.0 Å². The molecule has 0 aliphatic carbocycles. The zero-order chi connectivity index (χ0) is 18.8. The van der Waals surface area contributed by atoms with Crippen molar-refractivity contribution in [3.05, 3.63) is 106 Å². The number of halogens is 1. The Morgan fingerprint density at radius 1 is 0.889 bits per heavy atom. The number of para-hydroxylation sites is 1. The molecular weight excluding hydrogens is 339 g/mol. The molecule has 3 aromatic carbocycles. The predicted octanol–water partition coefficient (Wildman–Crippen LogP) is 5.00. The Balaban J connectivity index is 1.92. The largest absolute Gasteiger partial charge is 0.268 e. The fourth-order valence-corrected chi connectivity index (χ4v) is 2.95. The summed E-state index contributed by atoms with van der Waals surface area (Å²) in [7, 11) is 0.